The minimum absolute atomic E-state index is 0.317. The number of halogens is 3. The minimum Gasteiger partial charge on any atom is -0.443 e. The van der Waals surface area contributed by atoms with Crippen molar-refractivity contribution in [3.05, 3.63) is 63.2 Å². The molecule has 1 heterocycles. The standard InChI is InChI=1S/C20H18BrCl2N3O2/c1-20(2,3)28-19(27)26(14-7-4-12(21)5-8-14)18-24-11-17(25-18)15-9-6-13(22)10-16(15)23/h4-11H,1-3H3,(H,24,25). The Morgan fingerprint density at radius 2 is 1.82 bits per heavy atom. The van der Waals surface area contributed by atoms with Gasteiger partial charge in [0.1, 0.15) is 5.60 Å². The van der Waals surface area contributed by atoms with Gasteiger partial charge in [0.25, 0.3) is 0 Å². The van der Waals surface area contributed by atoms with Crippen molar-refractivity contribution < 1.29 is 9.53 Å². The predicted octanol–water partition coefficient (Wildman–Crippen LogP) is 7.22. The number of imidazole rings is 1. The largest absolute Gasteiger partial charge is 0.443 e. The van der Waals surface area contributed by atoms with Crippen molar-refractivity contribution in [3.8, 4) is 11.3 Å². The van der Waals surface area contributed by atoms with E-state index in [9.17, 15) is 4.79 Å². The molecule has 3 rings (SSSR count). The Hall–Kier alpha value is -2.02. The number of ether oxygens (including phenoxy) is 1. The maximum absolute atomic E-state index is 12.9. The summed E-state index contributed by atoms with van der Waals surface area (Å²) in [5, 5.41) is 1.02. The van der Waals surface area contributed by atoms with E-state index in [0.29, 0.717) is 27.4 Å². The second-order valence-electron chi connectivity index (χ2n) is 7.04. The molecule has 1 aromatic heterocycles. The van der Waals surface area contributed by atoms with Gasteiger partial charge in [-0.25, -0.2) is 14.7 Å². The molecule has 0 saturated heterocycles. The molecule has 8 heteroatoms. The van der Waals surface area contributed by atoms with Gasteiger partial charge < -0.3 is 9.72 Å². The Labute approximate surface area is 181 Å². The van der Waals surface area contributed by atoms with Gasteiger partial charge in [0.2, 0.25) is 5.95 Å². The summed E-state index contributed by atoms with van der Waals surface area (Å²) in [4.78, 5) is 21.8. The van der Waals surface area contributed by atoms with Crippen LogP contribution in [0.4, 0.5) is 16.4 Å². The first-order valence-electron chi connectivity index (χ1n) is 8.43. The molecule has 146 valence electrons. The van der Waals surface area contributed by atoms with Crippen molar-refractivity contribution in [2.24, 2.45) is 0 Å². The molecule has 0 bridgehead atoms. The zero-order valence-corrected chi connectivity index (χ0v) is 18.6. The lowest BCUT2D eigenvalue weighted by molar-refractivity contribution is 0.0597. The summed E-state index contributed by atoms with van der Waals surface area (Å²) in [6.45, 7) is 5.43. The van der Waals surface area contributed by atoms with Gasteiger partial charge in [0, 0.05) is 15.1 Å². The molecule has 0 aliphatic rings. The normalized spacial score (nSPS) is 11.4. The fourth-order valence-corrected chi connectivity index (χ4v) is 3.26. The fraction of sp³-hybridized carbons (Fsp3) is 0.200. The number of hydrogen-bond acceptors (Lipinski definition) is 3. The summed E-state index contributed by atoms with van der Waals surface area (Å²) >= 11 is 15.7. The lowest BCUT2D eigenvalue weighted by Gasteiger charge is -2.26. The Kier molecular flexibility index (Phi) is 6.03. The molecule has 0 aliphatic heterocycles. The average Bonchev–Trinajstić information content (AvgIpc) is 3.04. The average molecular weight is 483 g/mol. The van der Waals surface area contributed by atoms with Crippen LogP contribution in [0.15, 0.2) is 53.1 Å². The second kappa shape index (κ2) is 8.15. The fourth-order valence-electron chi connectivity index (χ4n) is 2.48. The molecule has 3 aromatic rings. The number of rotatable bonds is 3. The van der Waals surface area contributed by atoms with Crippen LogP contribution in [0.2, 0.25) is 10.0 Å². The summed E-state index contributed by atoms with van der Waals surface area (Å²) in [5.41, 5.74) is 1.34. The van der Waals surface area contributed by atoms with Crippen LogP contribution in [0.25, 0.3) is 11.3 Å². The van der Waals surface area contributed by atoms with Crippen molar-refractivity contribution in [2.75, 3.05) is 4.90 Å². The Morgan fingerprint density at radius 1 is 1.14 bits per heavy atom. The SMILES string of the molecule is CC(C)(C)OC(=O)N(c1ccc(Br)cc1)c1ncc(-c2ccc(Cl)cc2Cl)[nH]1. The third kappa shape index (κ3) is 4.87. The first-order chi connectivity index (χ1) is 13.1. The molecule has 0 fully saturated rings. The number of aromatic nitrogens is 2. The highest BCUT2D eigenvalue weighted by atomic mass is 79.9. The van der Waals surface area contributed by atoms with E-state index in [-0.39, 0.29) is 0 Å². The summed E-state index contributed by atoms with van der Waals surface area (Å²) in [6, 6.07) is 12.5. The van der Waals surface area contributed by atoms with E-state index in [0.717, 1.165) is 10.0 Å². The highest BCUT2D eigenvalue weighted by Gasteiger charge is 2.27. The molecule has 0 atom stereocenters. The number of hydrogen-bond donors (Lipinski definition) is 1. The van der Waals surface area contributed by atoms with Gasteiger partial charge in [0.05, 0.1) is 22.6 Å². The summed E-state index contributed by atoms with van der Waals surface area (Å²) in [6.07, 6.45) is 1.07. The lowest BCUT2D eigenvalue weighted by atomic mass is 10.2. The number of benzene rings is 2. The van der Waals surface area contributed by atoms with Crippen LogP contribution >= 0.6 is 39.1 Å². The topological polar surface area (TPSA) is 58.2 Å². The number of nitrogens with zero attached hydrogens (tertiary/aromatic N) is 2. The van der Waals surface area contributed by atoms with Gasteiger partial charge in [-0.3, -0.25) is 0 Å². The number of amides is 1. The zero-order chi connectivity index (χ0) is 20.5. The van der Waals surface area contributed by atoms with Gasteiger partial charge in [-0.05, 0) is 63.2 Å². The summed E-state index contributed by atoms with van der Waals surface area (Å²) < 4.78 is 6.46. The molecule has 0 unspecified atom stereocenters. The molecule has 0 saturated carbocycles. The molecule has 0 spiro atoms. The van der Waals surface area contributed by atoms with E-state index in [1.54, 1.807) is 36.5 Å². The molecule has 0 aliphatic carbocycles. The van der Waals surface area contributed by atoms with E-state index in [1.165, 1.54) is 4.90 Å². The highest BCUT2D eigenvalue weighted by molar-refractivity contribution is 9.10. The molecule has 1 amide bonds. The van der Waals surface area contributed by atoms with Gasteiger partial charge in [-0.15, -0.1) is 0 Å². The Bertz CT molecular complexity index is 997. The van der Waals surface area contributed by atoms with Gasteiger partial charge in [0.15, 0.2) is 0 Å². The van der Waals surface area contributed by atoms with E-state index >= 15 is 0 Å². The number of carbonyl (C=O) groups is 1. The van der Waals surface area contributed by atoms with Crippen molar-refractivity contribution in [1.29, 1.82) is 0 Å². The molecule has 28 heavy (non-hydrogen) atoms. The van der Waals surface area contributed by atoms with Gasteiger partial charge in [-0.1, -0.05) is 39.1 Å². The second-order valence-corrected chi connectivity index (χ2v) is 8.80. The first-order valence-corrected chi connectivity index (χ1v) is 9.98. The van der Waals surface area contributed by atoms with Gasteiger partial charge >= 0.3 is 6.09 Å². The summed E-state index contributed by atoms with van der Waals surface area (Å²) in [7, 11) is 0. The smallest absolute Gasteiger partial charge is 0.421 e. The highest BCUT2D eigenvalue weighted by Crippen LogP contribution is 2.32. The van der Waals surface area contributed by atoms with Crippen LogP contribution < -0.4 is 4.90 Å². The summed E-state index contributed by atoms with van der Waals surface area (Å²) in [5.74, 6) is 0.317. The van der Waals surface area contributed by atoms with Crippen molar-refractivity contribution in [1.82, 2.24) is 9.97 Å². The van der Waals surface area contributed by atoms with Crippen LogP contribution in [0, 0.1) is 0 Å². The quantitative estimate of drug-likeness (QED) is 0.428. The maximum Gasteiger partial charge on any atom is 0.421 e. The zero-order valence-electron chi connectivity index (χ0n) is 15.5. The van der Waals surface area contributed by atoms with Crippen LogP contribution in [0.3, 0.4) is 0 Å². The van der Waals surface area contributed by atoms with E-state index in [4.69, 9.17) is 27.9 Å². The van der Waals surface area contributed by atoms with E-state index in [2.05, 4.69) is 25.9 Å². The third-order valence-electron chi connectivity index (χ3n) is 3.66. The van der Waals surface area contributed by atoms with Crippen LogP contribution in [-0.2, 0) is 4.74 Å². The number of aromatic amines is 1. The van der Waals surface area contributed by atoms with Crippen LogP contribution in [-0.4, -0.2) is 21.7 Å². The molecule has 5 nitrogen and oxygen atoms in total. The van der Waals surface area contributed by atoms with Crippen molar-refractivity contribution in [2.45, 2.75) is 26.4 Å². The number of anilines is 2. The third-order valence-corrected chi connectivity index (χ3v) is 4.73. The predicted molar refractivity (Wildman–Crippen MR) is 117 cm³/mol. The number of nitrogens with one attached hydrogen (secondary N) is 1. The molecule has 0 radical (unpaired) electrons. The molecular formula is C20H18BrCl2N3O2. The van der Waals surface area contributed by atoms with Crippen LogP contribution in [0.5, 0.6) is 0 Å². The van der Waals surface area contributed by atoms with E-state index < -0.39 is 11.7 Å². The van der Waals surface area contributed by atoms with Crippen molar-refractivity contribution in [3.63, 3.8) is 0 Å². The minimum atomic E-state index is -0.653. The van der Waals surface area contributed by atoms with Crippen molar-refractivity contribution >= 4 is 56.9 Å². The Morgan fingerprint density at radius 3 is 2.43 bits per heavy atom. The maximum atomic E-state index is 12.9. The number of carbonyl (C=O) groups excluding carboxylic acids is 1. The van der Waals surface area contributed by atoms with Gasteiger partial charge in [-0.2, -0.15) is 0 Å². The molecular weight excluding hydrogens is 465 g/mol. The first kappa shape index (κ1) is 20.7. The Balaban J connectivity index is 2.02. The monoisotopic (exact) mass is 481 g/mol. The lowest BCUT2D eigenvalue weighted by Crippen LogP contribution is -2.34. The van der Waals surface area contributed by atoms with E-state index in [1.807, 2.05) is 32.9 Å². The molecule has 1 N–H and O–H groups in total. The van der Waals surface area contributed by atoms with Crippen LogP contribution in [0.1, 0.15) is 20.8 Å². The molecule has 2 aromatic carbocycles. The number of H-pyrrole nitrogens is 1.